The minimum atomic E-state index is 0.549. The number of anilines is 1. The van der Waals surface area contributed by atoms with Crippen LogP contribution in [0.1, 0.15) is 50.2 Å². The Morgan fingerprint density at radius 2 is 2.05 bits per heavy atom. The smallest absolute Gasteiger partial charge is 0.0375 e. The third-order valence-electron chi connectivity index (χ3n) is 4.87. The predicted molar refractivity (Wildman–Crippen MR) is 81.5 cm³/mol. The lowest BCUT2D eigenvalue weighted by Gasteiger charge is -2.25. The van der Waals surface area contributed by atoms with Crippen LogP contribution in [0.3, 0.4) is 0 Å². The summed E-state index contributed by atoms with van der Waals surface area (Å²) in [5, 5.41) is 7.22. The summed E-state index contributed by atoms with van der Waals surface area (Å²) in [5.74, 6) is 0. The molecule has 2 heteroatoms. The molecule has 0 aromatic heterocycles. The van der Waals surface area contributed by atoms with E-state index < -0.39 is 0 Å². The number of benzene rings is 1. The molecule has 1 fully saturated rings. The van der Waals surface area contributed by atoms with Gasteiger partial charge in [0.15, 0.2) is 0 Å². The van der Waals surface area contributed by atoms with Crippen molar-refractivity contribution in [3.8, 4) is 0 Å². The van der Waals surface area contributed by atoms with Crippen LogP contribution in [-0.2, 0) is 13.0 Å². The highest BCUT2D eigenvalue weighted by atomic mass is 14.9. The van der Waals surface area contributed by atoms with Gasteiger partial charge in [-0.05, 0) is 48.3 Å². The van der Waals surface area contributed by atoms with E-state index in [1.54, 1.807) is 0 Å². The highest BCUT2D eigenvalue weighted by Crippen LogP contribution is 2.36. The summed E-state index contributed by atoms with van der Waals surface area (Å²) in [5.41, 5.74) is 4.94. The Morgan fingerprint density at radius 1 is 1.21 bits per heavy atom. The second-order valence-corrected chi connectivity index (χ2v) is 6.59. The van der Waals surface area contributed by atoms with Gasteiger partial charge in [-0.3, -0.25) is 0 Å². The largest absolute Gasteiger partial charge is 0.385 e. The van der Waals surface area contributed by atoms with Crippen molar-refractivity contribution in [1.82, 2.24) is 5.32 Å². The minimum absolute atomic E-state index is 0.549. The Balaban J connectivity index is 1.61. The van der Waals surface area contributed by atoms with Gasteiger partial charge in [0.05, 0.1) is 0 Å². The van der Waals surface area contributed by atoms with Crippen molar-refractivity contribution in [3.05, 3.63) is 29.3 Å². The number of nitrogens with one attached hydrogen (secondary N) is 2. The van der Waals surface area contributed by atoms with Gasteiger partial charge in [0.2, 0.25) is 0 Å². The molecule has 1 saturated carbocycles. The van der Waals surface area contributed by atoms with E-state index in [4.69, 9.17) is 0 Å². The molecular weight excluding hydrogens is 232 g/mol. The summed E-state index contributed by atoms with van der Waals surface area (Å²) in [4.78, 5) is 0. The Hall–Kier alpha value is -1.02. The average molecular weight is 258 g/mol. The molecule has 0 spiro atoms. The first-order valence-electron chi connectivity index (χ1n) is 7.82. The van der Waals surface area contributed by atoms with Crippen LogP contribution >= 0.6 is 0 Å². The highest BCUT2D eigenvalue weighted by molar-refractivity contribution is 5.56. The molecule has 1 aliphatic heterocycles. The molecule has 3 rings (SSSR count). The zero-order valence-corrected chi connectivity index (χ0v) is 12.1. The molecule has 0 bridgehead atoms. The summed E-state index contributed by atoms with van der Waals surface area (Å²) in [6.45, 7) is 5.77. The van der Waals surface area contributed by atoms with Crippen molar-refractivity contribution < 1.29 is 0 Å². The first-order chi connectivity index (χ1) is 9.27. The lowest BCUT2D eigenvalue weighted by Crippen LogP contribution is -2.29. The molecule has 2 nitrogen and oxygen atoms in total. The third kappa shape index (κ3) is 2.94. The molecule has 0 radical (unpaired) electrons. The van der Waals surface area contributed by atoms with Gasteiger partial charge in [-0.2, -0.15) is 0 Å². The van der Waals surface area contributed by atoms with E-state index in [-0.39, 0.29) is 0 Å². The van der Waals surface area contributed by atoms with Crippen LogP contribution in [0.5, 0.6) is 0 Å². The molecule has 1 aromatic rings. The van der Waals surface area contributed by atoms with Crippen LogP contribution in [0.15, 0.2) is 18.2 Å². The maximum atomic E-state index is 3.71. The van der Waals surface area contributed by atoms with Crippen molar-refractivity contribution in [2.75, 3.05) is 18.4 Å². The number of hydrogen-bond donors (Lipinski definition) is 2. The first-order valence-corrected chi connectivity index (χ1v) is 7.82. The van der Waals surface area contributed by atoms with E-state index in [1.165, 1.54) is 61.9 Å². The summed E-state index contributed by atoms with van der Waals surface area (Å²) < 4.78 is 0. The molecule has 0 saturated heterocycles. The molecule has 104 valence electrons. The summed E-state index contributed by atoms with van der Waals surface area (Å²) in [6.07, 6.45) is 8.13. The number of hydrogen-bond acceptors (Lipinski definition) is 2. The Morgan fingerprint density at radius 3 is 2.89 bits per heavy atom. The summed E-state index contributed by atoms with van der Waals surface area (Å²) in [7, 11) is 0. The quantitative estimate of drug-likeness (QED) is 0.860. The van der Waals surface area contributed by atoms with Crippen LogP contribution in [0.25, 0.3) is 0 Å². The van der Waals surface area contributed by atoms with E-state index in [9.17, 15) is 0 Å². The molecule has 1 heterocycles. The van der Waals surface area contributed by atoms with Crippen LogP contribution in [0.2, 0.25) is 0 Å². The predicted octanol–water partition coefficient (Wildman–Crippen LogP) is 3.71. The summed E-state index contributed by atoms with van der Waals surface area (Å²) in [6, 6.07) is 6.69. The van der Waals surface area contributed by atoms with Crippen LogP contribution < -0.4 is 10.6 Å². The van der Waals surface area contributed by atoms with Gasteiger partial charge in [-0.25, -0.2) is 0 Å². The molecule has 1 aromatic carbocycles. The van der Waals surface area contributed by atoms with Crippen molar-refractivity contribution in [2.45, 2.75) is 52.0 Å². The van der Waals surface area contributed by atoms with Gasteiger partial charge in [0.25, 0.3) is 0 Å². The SMILES string of the molecule is CC1(CNCc2cccc3c2CCCN3)CCCC1. The molecule has 0 atom stereocenters. The number of fused-ring (bicyclic) bond motifs is 1. The van der Waals surface area contributed by atoms with E-state index >= 15 is 0 Å². The Kier molecular flexibility index (Phi) is 3.79. The Bertz CT molecular complexity index is 433. The molecule has 0 unspecified atom stereocenters. The maximum Gasteiger partial charge on any atom is 0.0375 e. The van der Waals surface area contributed by atoms with Crippen molar-refractivity contribution in [2.24, 2.45) is 5.41 Å². The van der Waals surface area contributed by atoms with Gasteiger partial charge >= 0.3 is 0 Å². The molecule has 2 N–H and O–H groups in total. The molecule has 19 heavy (non-hydrogen) atoms. The highest BCUT2D eigenvalue weighted by Gasteiger charge is 2.27. The second-order valence-electron chi connectivity index (χ2n) is 6.59. The topological polar surface area (TPSA) is 24.1 Å². The minimum Gasteiger partial charge on any atom is -0.385 e. The fraction of sp³-hybridized carbons (Fsp3) is 0.647. The third-order valence-corrected chi connectivity index (χ3v) is 4.87. The molecule has 1 aliphatic carbocycles. The standard InChI is InChI=1S/C17H26N2/c1-17(9-2-3-10-17)13-18-12-14-6-4-8-16-15(14)7-5-11-19-16/h4,6,8,18-19H,2-3,5,7,9-13H2,1H3. The van der Waals surface area contributed by atoms with Crippen molar-refractivity contribution in [3.63, 3.8) is 0 Å². The van der Waals surface area contributed by atoms with Crippen LogP contribution in [0, 0.1) is 5.41 Å². The second kappa shape index (κ2) is 5.54. The zero-order valence-electron chi connectivity index (χ0n) is 12.1. The zero-order chi connectivity index (χ0) is 13.1. The lowest BCUT2D eigenvalue weighted by atomic mass is 9.89. The monoisotopic (exact) mass is 258 g/mol. The van der Waals surface area contributed by atoms with Crippen LogP contribution in [-0.4, -0.2) is 13.1 Å². The van der Waals surface area contributed by atoms with Gasteiger partial charge < -0.3 is 10.6 Å². The average Bonchev–Trinajstić information content (AvgIpc) is 2.86. The molecule has 2 aliphatic rings. The van der Waals surface area contributed by atoms with Gasteiger partial charge in [0.1, 0.15) is 0 Å². The fourth-order valence-electron chi connectivity index (χ4n) is 3.65. The van der Waals surface area contributed by atoms with E-state index in [2.05, 4.69) is 35.8 Å². The maximum absolute atomic E-state index is 3.71. The van der Waals surface area contributed by atoms with Gasteiger partial charge in [-0.1, -0.05) is 31.9 Å². The summed E-state index contributed by atoms with van der Waals surface area (Å²) >= 11 is 0. The van der Waals surface area contributed by atoms with E-state index in [1.807, 2.05) is 0 Å². The first kappa shape index (κ1) is 13.0. The lowest BCUT2D eigenvalue weighted by molar-refractivity contribution is 0.314. The van der Waals surface area contributed by atoms with Gasteiger partial charge in [-0.15, -0.1) is 0 Å². The number of rotatable bonds is 4. The van der Waals surface area contributed by atoms with Crippen molar-refractivity contribution in [1.29, 1.82) is 0 Å². The van der Waals surface area contributed by atoms with Crippen molar-refractivity contribution >= 4 is 5.69 Å². The van der Waals surface area contributed by atoms with E-state index in [0.717, 1.165) is 13.1 Å². The molecular formula is C17H26N2. The normalized spacial score (nSPS) is 20.9. The van der Waals surface area contributed by atoms with Crippen LogP contribution in [0.4, 0.5) is 5.69 Å². The van der Waals surface area contributed by atoms with E-state index in [0.29, 0.717) is 5.41 Å². The fourth-order valence-corrected chi connectivity index (χ4v) is 3.65. The van der Waals surface area contributed by atoms with Gasteiger partial charge in [0, 0.05) is 25.3 Å². The Labute approximate surface area is 117 Å². The molecule has 0 amide bonds.